The van der Waals surface area contributed by atoms with Crippen molar-refractivity contribution in [3.8, 4) is 11.3 Å². The van der Waals surface area contributed by atoms with Gasteiger partial charge in [-0.05, 0) is 42.3 Å². The van der Waals surface area contributed by atoms with Crippen LogP contribution in [0, 0.1) is 0 Å². The van der Waals surface area contributed by atoms with Gasteiger partial charge in [-0.25, -0.2) is 4.79 Å². The number of rotatable bonds is 4. The van der Waals surface area contributed by atoms with Crippen LogP contribution < -0.4 is 0 Å². The van der Waals surface area contributed by atoms with Gasteiger partial charge in [-0.2, -0.15) is 0 Å². The first-order valence-electron chi connectivity index (χ1n) is 6.98. The second-order valence-corrected chi connectivity index (χ2v) is 4.97. The molecule has 4 heteroatoms. The lowest BCUT2D eigenvalue weighted by molar-refractivity contribution is 0.0685. The van der Waals surface area contributed by atoms with E-state index in [9.17, 15) is 9.90 Å². The van der Waals surface area contributed by atoms with E-state index in [0.717, 1.165) is 28.6 Å². The van der Waals surface area contributed by atoms with Crippen LogP contribution in [0.15, 0.2) is 48.7 Å². The van der Waals surface area contributed by atoms with Crippen molar-refractivity contribution >= 4 is 16.9 Å². The molecule has 21 heavy (non-hydrogen) atoms. The molecule has 0 atom stereocenters. The summed E-state index contributed by atoms with van der Waals surface area (Å²) >= 11 is 0. The van der Waals surface area contributed by atoms with Crippen molar-refractivity contribution in [2.45, 2.75) is 19.9 Å². The Morgan fingerprint density at radius 3 is 2.86 bits per heavy atom. The van der Waals surface area contributed by atoms with Gasteiger partial charge in [-0.3, -0.25) is 4.98 Å². The molecular weight excluding hydrogens is 264 g/mol. The van der Waals surface area contributed by atoms with E-state index in [0.29, 0.717) is 12.2 Å². The summed E-state index contributed by atoms with van der Waals surface area (Å²) in [5, 5.41) is 10.3. The zero-order valence-corrected chi connectivity index (χ0v) is 11.8. The molecule has 0 spiro atoms. The monoisotopic (exact) mass is 280 g/mol. The van der Waals surface area contributed by atoms with E-state index in [-0.39, 0.29) is 0 Å². The van der Waals surface area contributed by atoms with Crippen LogP contribution in [-0.4, -0.2) is 20.6 Å². The third kappa shape index (κ3) is 2.40. The van der Waals surface area contributed by atoms with E-state index in [2.05, 4.69) is 11.1 Å². The van der Waals surface area contributed by atoms with Gasteiger partial charge in [0.15, 0.2) is 0 Å². The maximum atomic E-state index is 11.3. The highest BCUT2D eigenvalue weighted by molar-refractivity contribution is 5.89. The molecule has 1 aromatic carbocycles. The number of benzene rings is 1. The van der Waals surface area contributed by atoms with Gasteiger partial charge in [-0.15, -0.1) is 0 Å². The Hall–Kier alpha value is -2.62. The van der Waals surface area contributed by atoms with E-state index in [1.807, 2.05) is 41.8 Å². The standard InChI is InChI=1S/C17H16N2O2/c1-2-10-19-15(7-8-16(19)17(20)21)13-5-6-14-12(11-13)4-3-9-18-14/h3-9,11H,2,10H2,1H3,(H,20,21). The number of hydrogen-bond donors (Lipinski definition) is 1. The van der Waals surface area contributed by atoms with Gasteiger partial charge < -0.3 is 9.67 Å². The molecule has 0 unspecified atom stereocenters. The van der Waals surface area contributed by atoms with E-state index in [1.165, 1.54) is 0 Å². The number of fused-ring (bicyclic) bond motifs is 1. The Balaban J connectivity index is 2.15. The number of aromatic carboxylic acids is 1. The highest BCUT2D eigenvalue weighted by atomic mass is 16.4. The van der Waals surface area contributed by atoms with E-state index in [1.54, 1.807) is 12.3 Å². The molecule has 1 N–H and O–H groups in total. The Morgan fingerprint density at radius 2 is 2.10 bits per heavy atom. The molecule has 3 aromatic rings. The first-order chi connectivity index (χ1) is 10.2. The van der Waals surface area contributed by atoms with Crippen LogP contribution >= 0.6 is 0 Å². The van der Waals surface area contributed by atoms with Crippen LogP contribution in [0.5, 0.6) is 0 Å². The number of hydrogen-bond acceptors (Lipinski definition) is 2. The number of carbonyl (C=O) groups is 1. The first kappa shape index (κ1) is 13.4. The van der Waals surface area contributed by atoms with Crippen molar-refractivity contribution in [2.75, 3.05) is 0 Å². The number of aromatic nitrogens is 2. The first-order valence-corrected chi connectivity index (χ1v) is 6.98. The van der Waals surface area contributed by atoms with Crippen LogP contribution in [0.25, 0.3) is 22.2 Å². The number of nitrogens with zero attached hydrogens (tertiary/aromatic N) is 2. The highest BCUT2D eigenvalue weighted by Crippen LogP contribution is 2.26. The predicted octanol–water partition coefficient (Wildman–Crippen LogP) is 3.81. The third-order valence-electron chi connectivity index (χ3n) is 3.55. The van der Waals surface area contributed by atoms with Crippen molar-refractivity contribution in [1.82, 2.24) is 9.55 Å². The fourth-order valence-electron chi connectivity index (χ4n) is 2.61. The van der Waals surface area contributed by atoms with Gasteiger partial charge in [0.05, 0.1) is 5.52 Å². The smallest absolute Gasteiger partial charge is 0.352 e. The number of carboxylic acids is 1. The van der Waals surface area contributed by atoms with Gasteiger partial charge in [0.2, 0.25) is 0 Å². The lowest BCUT2D eigenvalue weighted by atomic mass is 10.1. The molecule has 0 radical (unpaired) electrons. The van der Waals surface area contributed by atoms with Crippen LogP contribution in [0.2, 0.25) is 0 Å². The average Bonchev–Trinajstić information content (AvgIpc) is 2.91. The summed E-state index contributed by atoms with van der Waals surface area (Å²) in [6.45, 7) is 2.73. The van der Waals surface area contributed by atoms with Crippen molar-refractivity contribution in [3.63, 3.8) is 0 Å². The molecule has 106 valence electrons. The molecule has 0 saturated heterocycles. The fourth-order valence-corrected chi connectivity index (χ4v) is 2.61. The summed E-state index contributed by atoms with van der Waals surface area (Å²) < 4.78 is 1.86. The average molecular weight is 280 g/mol. The van der Waals surface area contributed by atoms with Crippen LogP contribution in [-0.2, 0) is 6.54 Å². The minimum absolute atomic E-state index is 0.332. The second-order valence-electron chi connectivity index (χ2n) is 4.97. The minimum atomic E-state index is -0.892. The fraction of sp³-hybridized carbons (Fsp3) is 0.176. The zero-order valence-electron chi connectivity index (χ0n) is 11.8. The summed E-state index contributed by atoms with van der Waals surface area (Å²) in [4.78, 5) is 15.6. The lowest BCUT2D eigenvalue weighted by Gasteiger charge is -2.11. The van der Waals surface area contributed by atoms with E-state index < -0.39 is 5.97 Å². The Kier molecular flexibility index (Phi) is 3.44. The summed E-state index contributed by atoms with van der Waals surface area (Å²) in [6.07, 6.45) is 2.65. The van der Waals surface area contributed by atoms with Gasteiger partial charge in [-0.1, -0.05) is 19.1 Å². The van der Waals surface area contributed by atoms with Gasteiger partial charge in [0.1, 0.15) is 5.69 Å². The van der Waals surface area contributed by atoms with Crippen LogP contribution in [0.4, 0.5) is 0 Å². The molecule has 3 rings (SSSR count). The molecule has 0 fully saturated rings. The maximum Gasteiger partial charge on any atom is 0.352 e. The molecule has 0 aliphatic carbocycles. The van der Waals surface area contributed by atoms with Crippen LogP contribution in [0.3, 0.4) is 0 Å². The predicted molar refractivity (Wildman–Crippen MR) is 82.4 cm³/mol. The second kappa shape index (κ2) is 5.40. The number of pyridine rings is 1. The molecular formula is C17H16N2O2. The van der Waals surface area contributed by atoms with Crippen LogP contribution in [0.1, 0.15) is 23.8 Å². The molecule has 0 saturated carbocycles. The van der Waals surface area contributed by atoms with Gasteiger partial charge in [0, 0.05) is 23.8 Å². The molecule has 0 amide bonds. The molecule has 4 nitrogen and oxygen atoms in total. The topological polar surface area (TPSA) is 55.1 Å². The quantitative estimate of drug-likeness (QED) is 0.790. The lowest BCUT2D eigenvalue weighted by Crippen LogP contribution is -2.09. The maximum absolute atomic E-state index is 11.3. The zero-order chi connectivity index (χ0) is 14.8. The van der Waals surface area contributed by atoms with Gasteiger partial charge in [0.25, 0.3) is 0 Å². The molecule has 0 bridgehead atoms. The largest absolute Gasteiger partial charge is 0.477 e. The number of carboxylic acid groups (broad SMARTS) is 1. The van der Waals surface area contributed by atoms with E-state index in [4.69, 9.17) is 0 Å². The van der Waals surface area contributed by atoms with Crippen molar-refractivity contribution in [3.05, 3.63) is 54.4 Å². The van der Waals surface area contributed by atoms with Gasteiger partial charge >= 0.3 is 5.97 Å². The summed E-state index contributed by atoms with van der Waals surface area (Å²) in [6, 6.07) is 13.5. The molecule has 0 aliphatic rings. The van der Waals surface area contributed by atoms with Crippen molar-refractivity contribution < 1.29 is 9.90 Å². The molecule has 0 aliphatic heterocycles. The Morgan fingerprint density at radius 1 is 1.24 bits per heavy atom. The molecule has 2 heterocycles. The normalized spacial score (nSPS) is 10.9. The summed E-state index contributed by atoms with van der Waals surface area (Å²) in [7, 11) is 0. The summed E-state index contributed by atoms with van der Waals surface area (Å²) in [5.41, 5.74) is 3.21. The Labute approximate surface area is 122 Å². The SMILES string of the molecule is CCCn1c(C(=O)O)ccc1-c1ccc2ncccc2c1. The Bertz CT molecular complexity index is 805. The highest BCUT2D eigenvalue weighted by Gasteiger charge is 2.14. The minimum Gasteiger partial charge on any atom is -0.477 e. The van der Waals surface area contributed by atoms with Crippen molar-refractivity contribution in [2.24, 2.45) is 0 Å². The van der Waals surface area contributed by atoms with Crippen molar-refractivity contribution in [1.29, 1.82) is 0 Å². The molecule has 2 aromatic heterocycles. The van der Waals surface area contributed by atoms with E-state index >= 15 is 0 Å². The third-order valence-corrected chi connectivity index (χ3v) is 3.55. The summed E-state index contributed by atoms with van der Waals surface area (Å²) in [5.74, 6) is -0.892.